The summed E-state index contributed by atoms with van der Waals surface area (Å²) < 4.78 is 0. The van der Waals surface area contributed by atoms with Gasteiger partial charge in [-0.1, -0.05) is 35.9 Å². The Morgan fingerprint density at radius 1 is 1.03 bits per heavy atom. The van der Waals surface area contributed by atoms with Crippen LogP contribution in [0.4, 0.5) is 22.2 Å². The lowest BCUT2D eigenvalue weighted by Gasteiger charge is -2.29. The van der Waals surface area contributed by atoms with E-state index in [-0.39, 0.29) is 6.03 Å². The highest BCUT2D eigenvalue weighted by Gasteiger charge is 2.23. The van der Waals surface area contributed by atoms with Gasteiger partial charge in [0.05, 0.1) is 16.2 Å². The molecule has 3 N–H and O–H groups in total. The highest BCUT2D eigenvalue weighted by atomic mass is 35.5. The normalized spacial score (nSPS) is 18.2. The molecule has 2 aromatic carbocycles. The van der Waals surface area contributed by atoms with Crippen molar-refractivity contribution < 1.29 is 4.79 Å². The Kier molecular flexibility index (Phi) is 6.95. The first-order chi connectivity index (χ1) is 15.5. The quantitative estimate of drug-likeness (QED) is 0.482. The van der Waals surface area contributed by atoms with Crippen molar-refractivity contribution in [2.24, 2.45) is 5.92 Å². The Morgan fingerprint density at radius 3 is 2.50 bits per heavy atom. The molecule has 0 radical (unpaired) electrons. The van der Waals surface area contributed by atoms with Gasteiger partial charge in [0, 0.05) is 32.1 Å². The predicted molar refractivity (Wildman–Crippen MR) is 132 cm³/mol. The summed E-state index contributed by atoms with van der Waals surface area (Å²) in [6.45, 7) is 0.653. The lowest BCUT2D eigenvalue weighted by molar-refractivity contribution is 0.246. The van der Waals surface area contributed by atoms with E-state index >= 15 is 0 Å². The van der Waals surface area contributed by atoms with Crippen molar-refractivity contribution in [1.29, 1.82) is 0 Å². The molecule has 1 aliphatic carbocycles. The van der Waals surface area contributed by atoms with E-state index in [0.29, 0.717) is 35.2 Å². The van der Waals surface area contributed by atoms with Gasteiger partial charge >= 0.3 is 6.03 Å². The lowest BCUT2D eigenvalue weighted by atomic mass is 9.86. The fourth-order valence-electron chi connectivity index (χ4n) is 4.12. The summed E-state index contributed by atoms with van der Waals surface area (Å²) in [5.41, 5.74) is 1.56. The maximum atomic E-state index is 12.2. The summed E-state index contributed by atoms with van der Waals surface area (Å²) in [6.07, 6.45) is 4.12. The van der Waals surface area contributed by atoms with Crippen LogP contribution in [-0.2, 0) is 0 Å². The van der Waals surface area contributed by atoms with Gasteiger partial charge in [0.25, 0.3) is 0 Å². The molecule has 0 aliphatic heterocycles. The summed E-state index contributed by atoms with van der Waals surface area (Å²) >= 11 is 6.10. The molecule has 3 aromatic rings. The van der Waals surface area contributed by atoms with Crippen molar-refractivity contribution in [3.05, 3.63) is 53.6 Å². The van der Waals surface area contributed by atoms with Crippen LogP contribution in [0.3, 0.4) is 0 Å². The van der Waals surface area contributed by atoms with Crippen molar-refractivity contribution in [2.45, 2.75) is 31.7 Å². The second-order valence-electron chi connectivity index (χ2n) is 8.46. The highest BCUT2D eigenvalue weighted by Crippen LogP contribution is 2.28. The third-order valence-electron chi connectivity index (χ3n) is 5.86. The van der Waals surface area contributed by atoms with Crippen molar-refractivity contribution >= 4 is 46.0 Å². The lowest BCUT2D eigenvalue weighted by Crippen LogP contribution is -2.36. The number of amides is 2. The largest absolute Gasteiger partial charge is 0.362 e. The van der Waals surface area contributed by atoms with Crippen molar-refractivity contribution in [2.75, 3.05) is 36.2 Å². The number of nitrogens with one attached hydrogen (secondary N) is 3. The highest BCUT2D eigenvalue weighted by molar-refractivity contribution is 6.33. The van der Waals surface area contributed by atoms with Crippen molar-refractivity contribution in [1.82, 2.24) is 15.3 Å². The number of urea groups is 1. The average molecular weight is 453 g/mol. The topological polar surface area (TPSA) is 82.2 Å². The molecule has 0 atom stereocenters. The van der Waals surface area contributed by atoms with Crippen LogP contribution in [0, 0.1) is 5.92 Å². The molecule has 168 valence electrons. The molecule has 0 saturated heterocycles. The molecule has 4 rings (SSSR count). The van der Waals surface area contributed by atoms with Gasteiger partial charge in [-0.05, 0) is 55.9 Å². The maximum absolute atomic E-state index is 12.2. The number of nitrogens with zero attached hydrogens (tertiary/aromatic N) is 3. The maximum Gasteiger partial charge on any atom is 0.319 e. The number of hydrogen-bond donors (Lipinski definition) is 3. The van der Waals surface area contributed by atoms with Gasteiger partial charge in [0.2, 0.25) is 5.95 Å². The third kappa shape index (κ3) is 5.40. The van der Waals surface area contributed by atoms with E-state index in [9.17, 15) is 4.79 Å². The second-order valence-corrected chi connectivity index (χ2v) is 8.87. The first-order valence-corrected chi connectivity index (χ1v) is 11.4. The molecule has 8 heteroatoms. The van der Waals surface area contributed by atoms with Crippen LogP contribution >= 0.6 is 11.6 Å². The fraction of sp³-hybridized carbons (Fsp3) is 0.375. The Labute approximate surface area is 193 Å². The van der Waals surface area contributed by atoms with Crippen LogP contribution in [0.2, 0.25) is 5.02 Å². The molecular formula is C24H29ClN6O. The second kappa shape index (κ2) is 10.0. The van der Waals surface area contributed by atoms with E-state index in [2.05, 4.69) is 22.0 Å². The summed E-state index contributed by atoms with van der Waals surface area (Å²) in [7, 11) is 4.00. The van der Waals surface area contributed by atoms with Crippen LogP contribution in [0.1, 0.15) is 25.7 Å². The molecule has 1 aliphatic rings. The van der Waals surface area contributed by atoms with Crippen LogP contribution in [0.15, 0.2) is 48.5 Å². The first-order valence-electron chi connectivity index (χ1n) is 11.0. The zero-order valence-corrected chi connectivity index (χ0v) is 19.2. The number of aromatic nitrogens is 2. The zero-order chi connectivity index (χ0) is 22.5. The molecule has 1 heterocycles. The van der Waals surface area contributed by atoms with Crippen LogP contribution in [0.5, 0.6) is 0 Å². The summed E-state index contributed by atoms with van der Waals surface area (Å²) in [5.74, 6) is 2.05. The van der Waals surface area contributed by atoms with Gasteiger partial charge in [-0.3, -0.25) is 0 Å². The Bertz CT molecular complexity index is 1080. The van der Waals surface area contributed by atoms with Crippen LogP contribution in [-0.4, -0.2) is 42.7 Å². The van der Waals surface area contributed by atoms with Gasteiger partial charge in [-0.2, -0.15) is 4.98 Å². The van der Waals surface area contributed by atoms with Gasteiger partial charge in [0.1, 0.15) is 5.82 Å². The molecule has 32 heavy (non-hydrogen) atoms. The van der Waals surface area contributed by atoms with Gasteiger partial charge < -0.3 is 20.9 Å². The molecule has 1 saturated carbocycles. The molecule has 2 amide bonds. The number of carbonyl (C=O) groups is 1. The van der Waals surface area contributed by atoms with E-state index in [4.69, 9.17) is 21.6 Å². The van der Waals surface area contributed by atoms with Crippen molar-refractivity contribution in [3.8, 4) is 0 Å². The minimum atomic E-state index is -0.223. The van der Waals surface area contributed by atoms with Crippen LogP contribution in [0.25, 0.3) is 10.9 Å². The molecule has 0 bridgehead atoms. The number of halogens is 1. The standard InChI is InChI=1S/C24H29ClN6O/c1-31(2)22-18-7-3-5-9-20(18)28-23(30-22)27-17-13-11-16(12-14-17)15-26-24(32)29-21-10-6-4-8-19(21)25/h3-10,16-17H,11-15H2,1-2H3,(H2,26,29,32)(H,27,28,30). The molecule has 7 nitrogen and oxygen atoms in total. The number of benzene rings is 2. The van der Waals surface area contributed by atoms with Gasteiger partial charge in [0.15, 0.2) is 0 Å². The Hall–Kier alpha value is -3.06. The monoisotopic (exact) mass is 452 g/mol. The minimum Gasteiger partial charge on any atom is -0.362 e. The number of fused-ring (bicyclic) bond motifs is 1. The average Bonchev–Trinajstić information content (AvgIpc) is 2.79. The Morgan fingerprint density at radius 2 is 1.75 bits per heavy atom. The smallest absolute Gasteiger partial charge is 0.319 e. The molecule has 0 spiro atoms. The molecular weight excluding hydrogens is 424 g/mol. The number of para-hydroxylation sites is 2. The number of carbonyl (C=O) groups excluding carboxylic acids is 1. The molecule has 1 fully saturated rings. The van der Waals surface area contributed by atoms with Gasteiger partial charge in [-0.15, -0.1) is 0 Å². The first kappa shape index (κ1) is 22.1. The molecule has 1 aromatic heterocycles. The number of rotatable bonds is 6. The predicted octanol–water partition coefficient (Wildman–Crippen LogP) is 5.14. The van der Waals surface area contributed by atoms with E-state index in [1.54, 1.807) is 12.1 Å². The van der Waals surface area contributed by atoms with E-state index in [0.717, 1.165) is 42.4 Å². The molecule has 0 unspecified atom stereocenters. The van der Waals surface area contributed by atoms with E-state index in [1.165, 1.54) is 0 Å². The zero-order valence-electron chi connectivity index (χ0n) is 18.4. The number of hydrogen-bond acceptors (Lipinski definition) is 5. The van der Waals surface area contributed by atoms with E-state index in [1.807, 2.05) is 49.3 Å². The van der Waals surface area contributed by atoms with Crippen LogP contribution < -0.4 is 20.9 Å². The number of anilines is 3. The SMILES string of the molecule is CN(C)c1nc(NC2CCC(CNC(=O)Nc3ccccc3Cl)CC2)nc2ccccc12. The van der Waals surface area contributed by atoms with E-state index < -0.39 is 0 Å². The minimum absolute atomic E-state index is 0.223. The summed E-state index contributed by atoms with van der Waals surface area (Å²) in [6, 6.07) is 15.4. The summed E-state index contributed by atoms with van der Waals surface area (Å²) in [5, 5.41) is 10.9. The third-order valence-corrected chi connectivity index (χ3v) is 6.19. The Balaban J connectivity index is 1.28. The van der Waals surface area contributed by atoms with Gasteiger partial charge in [-0.25, -0.2) is 9.78 Å². The fourth-order valence-corrected chi connectivity index (χ4v) is 4.31. The van der Waals surface area contributed by atoms with Crippen molar-refractivity contribution in [3.63, 3.8) is 0 Å². The summed E-state index contributed by atoms with van der Waals surface area (Å²) in [4.78, 5) is 23.7.